The summed E-state index contributed by atoms with van der Waals surface area (Å²) in [6.45, 7) is 4.06. The summed E-state index contributed by atoms with van der Waals surface area (Å²) in [5, 5.41) is 0. The average molecular weight is 218 g/mol. The van der Waals surface area contributed by atoms with E-state index in [1.807, 2.05) is 0 Å². The molecule has 0 unspecified atom stereocenters. The third-order valence-electron chi connectivity index (χ3n) is 4.11. The molecular formula is C14H20NO. The molecule has 0 bridgehead atoms. The molecule has 87 valence electrons. The zero-order chi connectivity index (χ0) is 11.4. The first-order valence-electron chi connectivity index (χ1n) is 6.38. The maximum atomic E-state index is 10.2. The summed E-state index contributed by atoms with van der Waals surface area (Å²) < 4.78 is 0. The fraction of sp³-hybridized carbons (Fsp3) is 0.714. The van der Waals surface area contributed by atoms with Crippen LogP contribution in [-0.4, -0.2) is 12.1 Å². The van der Waals surface area contributed by atoms with Gasteiger partial charge in [-0.1, -0.05) is 12.2 Å². The molecule has 0 heterocycles. The molecule has 0 atom stereocenters. The van der Waals surface area contributed by atoms with Gasteiger partial charge in [-0.15, -0.1) is 0 Å². The van der Waals surface area contributed by atoms with Gasteiger partial charge in [0, 0.05) is 0 Å². The van der Waals surface area contributed by atoms with Crippen molar-refractivity contribution in [2.75, 3.05) is 0 Å². The van der Waals surface area contributed by atoms with Gasteiger partial charge in [0.1, 0.15) is 0 Å². The molecule has 0 aromatic rings. The van der Waals surface area contributed by atoms with Crippen LogP contribution in [0, 0.1) is 11.8 Å². The van der Waals surface area contributed by atoms with Crippen molar-refractivity contribution in [3.05, 3.63) is 18.1 Å². The maximum absolute atomic E-state index is 10.2. The Morgan fingerprint density at radius 2 is 1.69 bits per heavy atom. The van der Waals surface area contributed by atoms with Gasteiger partial charge in [0.25, 0.3) is 0 Å². The highest BCUT2D eigenvalue weighted by Gasteiger charge is 2.29. The van der Waals surface area contributed by atoms with Crippen LogP contribution in [0.15, 0.2) is 17.1 Å². The van der Waals surface area contributed by atoms with Crippen LogP contribution in [0.25, 0.3) is 0 Å². The quantitative estimate of drug-likeness (QED) is 0.395. The van der Waals surface area contributed by atoms with Gasteiger partial charge in [-0.2, -0.15) is 0 Å². The van der Waals surface area contributed by atoms with Gasteiger partial charge in [-0.25, -0.2) is 9.79 Å². The van der Waals surface area contributed by atoms with E-state index in [-0.39, 0.29) is 6.04 Å². The first-order chi connectivity index (χ1) is 7.79. The van der Waals surface area contributed by atoms with Gasteiger partial charge in [0.05, 0.1) is 6.04 Å². The number of aliphatic imine (C=N–C) groups is 1. The summed E-state index contributed by atoms with van der Waals surface area (Å²) in [4.78, 5) is 14.0. The van der Waals surface area contributed by atoms with E-state index >= 15 is 0 Å². The average Bonchev–Trinajstić information content (AvgIpc) is 2.32. The zero-order valence-electron chi connectivity index (χ0n) is 9.87. The van der Waals surface area contributed by atoms with Crippen molar-refractivity contribution in [2.45, 2.75) is 57.4 Å². The Balaban J connectivity index is 1.80. The molecule has 2 fully saturated rings. The second-order valence-electron chi connectivity index (χ2n) is 5.13. The number of hydrogen-bond acceptors (Lipinski definition) is 2. The summed E-state index contributed by atoms with van der Waals surface area (Å²) in [5.41, 5.74) is 1.42. The van der Waals surface area contributed by atoms with Gasteiger partial charge in [0.2, 0.25) is 6.08 Å². The van der Waals surface area contributed by atoms with Crippen molar-refractivity contribution in [2.24, 2.45) is 10.9 Å². The Labute approximate surface area is 97.8 Å². The van der Waals surface area contributed by atoms with Gasteiger partial charge in [-0.05, 0) is 63.2 Å². The molecule has 0 saturated heterocycles. The molecule has 2 nitrogen and oxygen atoms in total. The molecule has 0 amide bonds. The molecule has 0 N–H and O–H groups in total. The van der Waals surface area contributed by atoms with E-state index in [2.05, 4.69) is 11.6 Å². The first-order valence-corrected chi connectivity index (χ1v) is 6.38. The van der Waals surface area contributed by atoms with Crippen LogP contribution < -0.4 is 0 Å². The lowest BCUT2D eigenvalue weighted by molar-refractivity contribution is 0.311. The van der Waals surface area contributed by atoms with Crippen molar-refractivity contribution in [1.29, 1.82) is 0 Å². The summed E-state index contributed by atoms with van der Waals surface area (Å²) in [5.74, 6) is 2.55. The Hall–Kier alpha value is -0.880. The minimum Gasteiger partial charge on any atom is -0.211 e. The number of isocyanates is 1. The van der Waals surface area contributed by atoms with Gasteiger partial charge >= 0.3 is 0 Å². The molecule has 16 heavy (non-hydrogen) atoms. The van der Waals surface area contributed by atoms with E-state index in [1.54, 1.807) is 12.0 Å². The Morgan fingerprint density at radius 3 is 2.25 bits per heavy atom. The first kappa shape index (κ1) is 11.6. The summed E-state index contributed by atoms with van der Waals surface area (Å²) in [7, 11) is 0. The lowest BCUT2D eigenvalue weighted by Crippen LogP contribution is -2.24. The van der Waals surface area contributed by atoms with Crippen LogP contribution in [0.5, 0.6) is 0 Å². The van der Waals surface area contributed by atoms with E-state index in [9.17, 15) is 4.79 Å². The van der Waals surface area contributed by atoms with E-state index in [4.69, 9.17) is 0 Å². The normalized spacial score (nSPS) is 32.1. The number of nitrogens with zero attached hydrogens (tertiary/aromatic N) is 1. The predicted octanol–water partition coefficient (Wildman–Crippen LogP) is 3.59. The number of hydrogen-bond donors (Lipinski definition) is 0. The highest BCUT2D eigenvalue weighted by atomic mass is 16.1. The molecule has 0 spiro atoms. The van der Waals surface area contributed by atoms with Crippen molar-refractivity contribution < 1.29 is 4.79 Å². The highest BCUT2D eigenvalue weighted by molar-refractivity contribution is 5.33. The van der Waals surface area contributed by atoms with Crippen LogP contribution in [-0.2, 0) is 4.79 Å². The van der Waals surface area contributed by atoms with Crippen molar-refractivity contribution in [1.82, 2.24) is 0 Å². The van der Waals surface area contributed by atoms with Gasteiger partial charge in [-0.3, -0.25) is 0 Å². The fourth-order valence-electron chi connectivity index (χ4n) is 3.02. The predicted molar refractivity (Wildman–Crippen MR) is 64.7 cm³/mol. The zero-order valence-corrected chi connectivity index (χ0v) is 9.87. The van der Waals surface area contributed by atoms with Crippen LogP contribution in [0.2, 0.25) is 0 Å². The third kappa shape index (κ3) is 2.82. The van der Waals surface area contributed by atoms with E-state index in [0.717, 1.165) is 18.8 Å². The molecule has 2 heteroatoms. The van der Waals surface area contributed by atoms with Crippen molar-refractivity contribution in [3.8, 4) is 0 Å². The SMILES string of the molecule is C=C1CC[C](C2CCC(N=C=O)CC2)CC1. The van der Waals surface area contributed by atoms with Crippen LogP contribution in [0.1, 0.15) is 51.4 Å². The molecule has 2 rings (SSSR count). The Kier molecular flexibility index (Phi) is 3.95. The minimum absolute atomic E-state index is 0.257. The minimum atomic E-state index is 0.257. The molecule has 2 saturated carbocycles. The Bertz CT molecular complexity index is 286. The van der Waals surface area contributed by atoms with E-state index in [0.29, 0.717) is 0 Å². The Morgan fingerprint density at radius 1 is 1.06 bits per heavy atom. The molecule has 0 aromatic carbocycles. The lowest BCUT2D eigenvalue weighted by atomic mass is 9.72. The van der Waals surface area contributed by atoms with Crippen LogP contribution >= 0.6 is 0 Å². The molecule has 1 radical (unpaired) electrons. The molecule has 0 aliphatic heterocycles. The standard InChI is InChI=1S/C14H20NO/c1-11-2-4-12(5-3-11)13-6-8-14(9-7-13)15-10-16/h13-14H,1-9H2. The molecule has 0 aromatic heterocycles. The smallest absolute Gasteiger partial charge is 0.211 e. The van der Waals surface area contributed by atoms with E-state index in [1.165, 1.54) is 44.1 Å². The summed E-state index contributed by atoms with van der Waals surface area (Å²) in [6.07, 6.45) is 11.2. The number of rotatable bonds is 2. The van der Waals surface area contributed by atoms with Crippen LogP contribution in [0.4, 0.5) is 0 Å². The molecule has 2 aliphatic rings. The van der Waals surface area contributed by atoms with Crippen molar-refractivity contribution >= 4 is 6.08 Å². The lowest BCUT2D eigenvalue weighted by Gasteiger charge is -2.34. The summed E-state index contributed by atoms with van der Waals surface area (Å²) >= 11 is 0. The third-order valence-corrected chi connectivity index (χ3v) is 4.11. The highest BCUT2D eigenvalue weighted by Crippen LogP contribution is 2.41. The van der Waals surface area contributed by atoms with Gasteiger partial charge in [0.15, 0.2) is 0 Å². The number of allylic oxidation sites excluding steroid dienone is 1. The summed E-state index contributed by atoms with van der Waals surface area (Å²) in [6, 6.07) is 0.257. The largest absolute Gasteiger partial charge is 0.235 e. The molecule has 2 aliphatic carbocycles. The van der Waals surface area contributed by atoms with E-state index < -0.39 is 0 Å². The second kappa shape index (κ2) is 5.45. The molecular weight excluding hydrogens is 198 g/mol. The maximum Gasteiger partial charge on any atom is 0.235 e. The van der Waals surface area contributed by atoms with Crippen LogP contribution in [0.3, 0.4) is 0 Å². The van der Waals surface area contributed by atoms with Crippen molar-refractivity contribution in [3.63, 3.8) is 0 Å². The monoisotopic (exact) mass is 218 g/mol. The fourth-order valence-corrected chi connectivity index (χ4v) is 3.02. The van der Waals surface area contributed by atoms with Gasteiger partial charge < -0.3 is 0 Å². The number of carbonyl (C=O) groups excluding carboxylic acids is 1. The second-order valence-corrected chi connectivity index (χ2v) is 5.13. The topological polar surface area (TPSA) is 29.4 Å².